The van der Waals surface area contributed by atoms with Gasteiger partial charge < -0.3 is 0 Å². The Bertz CT molecular complexity index is 556. The molecule has 0 aliphatic heterocycles. The summed E-state index contributed by atoms with van der Waals surface area (Å²) in [7, 11) is 0. The van der Waals surface area contributed by atoms with E-state index >= 15 is 0 Å². The van der Waals surface area contributed by atoms with E-state index in [4.69, 9.17) is 0 Å². The van der Waals surface area contributed by atoms with Crippen LogP contribution in [0.3, 0.4) is 0 Å². The van der Waals surface area contributed by atoms with Crippen LogP contribution in [-0.2, 0) is 0 Å². The second-order valence-electron chi connectivity index (χ2n) is 4.15. The molecule has 2 aromatic rings. The van der Waals surface area contributed by atoms with Crippen molar-refractivity contribution >= 4 is 28.9 Å². The Balaban J connectivity index is 2.62. The summed E-state index contributed by atoms with van der Waals surface area (Å²) in [6, 6.07) is 12.4. The van der Waals surface area contributed by atoms with E-state index in [0.717, 1.165) is 32.1 Å². The lowest BCUT2D eigenvalue weighted by Gasteiger charge is -2.09. The number of aldehydes is 1. The Labute approximate surface area is 115 Å². The molecule has 0 radical (unpaired) electrons. The number of aryl methyl sites for hydroxylation is 1. The van der Waals surface area contributed by atoms with Gasteiger partial charge in [-0.05, 0) is 65.3 Å². The average molecular weight is 336 g/mol. The minimum Gasteiger partial charge on any atom is -0.298 e. The van der Waals surface area contributed by atoms with Crippen molar-refractivity contribution in [3.05, 3.63) is 56.7 Å². The third-order valence-corrected chi connectivity index (χ3v) is 3.52. The molecule has 0 aromatic heterocycles. The van der Waals surface area contributed by atoms with Gasteiger partial charge in [0.25, 0.3) is 0 Å². The fourth-order valence-corrected chi connectivity index (χ4v) is 2.50. The molecule has 17 heavy (non-hydrogen) atoms. The first-order valence-electron chi connectivity index (χ1n) is 5.44. The second-order valence-corrected chi connectivity index (χ2v) is 5.40. The van der Waals surface area contributed by atoms with Crippen LogP contribution in [0.4, 0.5) is 0 Å². The molecular formula is C15H13IO. The van der Waals surface area contributed by atoms with Crippen LogP contribution in [0, 0.1) is 17.4 Å². The normalized spacial score (nSPS) is 10.3. The van der Waals surface area contributed by atoms with E-state index in [0.29, 0.717) is 0 Å². The van der Waals surface area contributed by atoms with Gasteiger partial charge in [0.1, 0.15) is 6.29 Å². The number of hydrogen-bond acceptors (Lipinski definition) is 1. The molecule has 0 spiro atoms. The van der Waals surface area contributed by atoms with Gasteiger partial charge in [-0.3, -0.25) is 4.79 Å². The van der Waals surface area contributed by atoms with Crippen LogP contribution in [0.2, 0.25) is 0 Å². The van der Waals surface area contributed by atoms with Gasteiger partial charge in [0, 0.05) is 9.13 Å². The maximum Gasteiger partial charge on any atom is 0.150 e. The summed E-state index contributed by atoms with van der Waals surface area (Å²) in [5, 5.41) is 0. The van der Waals surface area contributed by atoms with Crippen LogP contribution in [0.5, 0.6) is 0 Å². The van der Waals surface area contributed by atoms with Crippen molar-refractivity contribution in [2.45, 2.75) is 13.8 Å². The summed E-state index contributed by atoms with van der Waals surface area (Å²) in [6.45, 7) is 4.07. The lowest BCUT2D eigenvalue weighted by Crippen LogP contribution is -1.92. The summed E-state index contributed by atoms with van der Waals surface area (Å²) in [4.78, 5) is 11.0. The Morgan fingerprint density at radius 1 is 1.06 bits per heavy atom. The third-order valence-electron chi connectivity index (χ3n) is 2.90. The number of carbonyl (C=O) groups excluding carboxylic acids is 1. The largest absolute Gasteiger partial charge is 0.298 e. The van der Waals surface area contributed by atoms with Crippen molar-refractivity contribution in [1.29, 1.82) is 0 Å². The van der Waals surface area contributed by atoms with Gasteiger partial charge in [0.05, 0.1) is 0 Å². The molecular weight excluding hydrogens is 323 g/mol. The standard InChI is InChI=1S/C15H13IO/c1-10-3-5-12(6-4-10)15-8-14(16)7-13(9-17)11(15)2/h3-9H,1-2H3. The van der Waals surface area contributed by atoms with E-state index in [2.05, 4.69) is 59.8 Å². The van der Waals surface area contributed by atoms with E-state index in [1.54, 1.807) is 0 Å². The monoisotopic (exact) mass is 336 g/mol. The highest BCUT2D eigenvalue weighted by molar-refractivity contribution is 14.1. The molecule has 2 rings (SSSR count). The quantitative estimate of drug-likeness (QED) is 0.587. The predicted molar refractivity (Wildman–Crippen MR) is 79.5 cm³/mol. The van der Waals surface area contributed by atoms with E-state index in [-0.39, 0.29) is 0 Å². The SMILES string of the molecule is Cc1ccc(-c2cc(I)cc(C=O)c2C)cc1. The number of benzene rings is 2. The number of carbonyl (C=O) groups is 1. The lowest BCUT2D eigenvalue weighted by atomic mass is 9.96. The molecule has 0 aliphatic rings. The van der Waals surface area contributed by atoms with E-state index in [1.165, 1.54) is 5.56 Å². The van der Waals surface area contributed by atoms with Crippen molar-refractivity contribution in [3.63, 3.8) is 0 Å². The zero-order valence-electron chi connectivity index (χ0n) is 9.83. The molecule has 0 saturated heterocycles. The zero-order valence-corrected chi connectivity index (χ0v) is 12.0. The molecule has 0 fully saturated rings. The van der Waals surface area contributed by atoms with Crippen molar-refractivity contribution in [2.24, 2.45) is 0 Å². The summed E-state index contributed by atoms with van der Waals surface area (Å²) >= 11 is 2.25. The first-order chi connectivity index (χ1) is 8.11. The van der Waals surface area contributed by atoms with Crippen molar-refractivity contribution in [1.82, 2.24) is 0 Å². The molecule has 86 valence electrons. The molecule has 0 aliphatic carbocycles. The Kier molecular flexibility index (Phi) is 3.62. The van der Waals surface area contributed by atoms with E-state index in [1.807, 2.05) is 13.0 Å². The molecule has 0 unspecified atom stereocenters. The molecule has 0 saturated carbocycles. The maximum absolute atomic E-state index is 11.0. The van der Waals surface area contributed by atoms with Gasteiger partial charge in [-0.1, -0.05) is 29.8 Å². The van der Waals surface area contributed by atoms with Crippen LogP contribution in [0.1, 0.15) is 21.5 Å². The lowest BCUT2D eigenvalue weighted by molar-refractivity contribution is 0.112. The summed E-state index contributed by atoms with van der Waals surface area (Å²) < 4.78 is 1.09. The van der Waals surface area contributed by atoms with Crippen molar-refractivity contribution < 1.29 is 4.79 Å². The van der Waals surface area contributed by atoms with Gasteiger partial charge in [-0.15, -0.1) is 0 Å². The topological polar surface area (TPSA) is 17.1 Å². The van der Waals surface area contributed by atoms with Crippen molar-refractivity contribution in [2.75, 3.05) is 0 Å². The van der Waals surface area contributed by atoms with Crippen LogP contribution in [0.15, 0.2) is 36.4 Å². The predicted octanol–water partition coefficient (Wildman–Crippen LogP) is 4.39. The Hall–Kier alpha value is -1.16. The fourth-order valence-electron chi connectivity index (χ4n) is 1.86. The minimum absolute atomic E-state index is 0.771. The Morgan fingerprint density at radius 3 is 2.29 bits per heavy atom. The van der Waals surface area contributed by atoms with E-state index in [9.17, 15) is 4.79 Å². The molecule has 0 heterocycles. The molecule has 0 N–H and O–H groups in total. The van der Waals surface area contributed by atoms with Crippen LogP contribution >= 0.6 is 22.6 Å². The molecule has 2 heteroatoms. The molecule has 0 bridgehead atoms. The van der Waals surface area contributed by atoms with Gasteiger partial charge in [0.2, 0.25) is 0 Å². The third kappa shape index (κ3) is 2.57. The highest BCUT2D eigenvalue weighted by atomic mass is 127. The average Bonchev–Trinajstić information content (AvgIpc) is 2.33. The van der Waals surface area contributed by atoms with Crippen LogP contribution in [0.25, 0.3) is 11.1 Å². The van der Waals surface area contributed by atoms with Gasteiger partial charge in [0.15, 0.2) is 0 Å². The molecule has 0 atom stereocenters. The highest BCUT2D eigenvalue weighted by Gasteiger charge is 2.07. The van der Waals surface area contributed by atoms with Crippen LogP contribution in [-0.4, -0.2) is 6.29 Å². The van der Waals surface area contributed by atoms with Crippen molar-refractivity contribution in [3.8, 4) is 11.1 Å². The molecule has 0 amide bonds. The first kappa shape index (κ1) is 12.3. The van der Waals surface area contributed by atoms with Crippen LogP contribution < -0.4 is 0 Å². The van der Waals surface area contributed by atoms with Gasteiger partial charge in [-0.25, -0.2) is 0 Å². The number of halogens is 1. The first-order valence-corrected chi connectivity index (χ1v) is 6.52. The van der Waals surface area contributed by atoms with Gasteiger partial charge >= 0.3 is 0 Å². The smallest absolute Gasteiger partial charge is 0.150 e. The minimum atomic E-state index is 0.771. The van der Waals surface area contributed by atoms with E-state index < -0.39 is 0 Å². The summed E-state index contributed by atoms with van der Waals surface area (Å²) in [6.07, 6.45) is 0.926. The summed E-state index contributed by atoms with van der Waals surface area (Å²) in [5.41, 5.74) is 5.36. The highest BCUT2D eigenvalue weighted by Crippen LogP contribution is 2.27. The number of hydrogen-bond donors (Lipinski definition) is 0. The molecule has 2 aromatic carbocycles. The van der Waals surface area contributed by atoms with Gasteiger partial charge in [-0.2, -0.15) is 0 Å². The fraction of sp³-hybridized carbons (Fsp3) is 0.133. The Morgan fingerprint density at radius 2 is 1.71 bits per heavy atom. The molecule has 1 nitrogen and oxygen atoms in total. The maximum atomic E-state index is 11.0. The summed E-state index contributed by atoms with van der Waals surface area (Å²) in [5.74, 6) is 0. The zero-order chi connectivity index (χ0) is 12.4. The second kappa shape index (κ2) is 5.00. The number of rotatable bonds is 2.